The van der Waals surface area contributed by atoms with E-state index in [-0.39, 0.29) is 23.6 Å². The predicted octanol–water partition coefficient (Wildman–Crippen LogP) is 5.07. The third-order valence-electron chi connectivity index (χ3n) is 4.49. The van der Waals surface area contributed by atoms with E-state index in [2.05, 4.69) is 47.9 Å². The second kappa shape index (κ2) is 10.5. The molecule has 0 aliphatic rings. The fourth-order valence-electron chi connectivity index (χ4n) is 3.00. The topological polar surface area (TPSA) is 99.6 Å². The Hall–Kier alpha value is -3.03. The molecule has 1 aromatic heterocycles. The number of halogens is 2. The third kappa shape index (κ3) is 5.23. The lowest BCUT2D eigenvalue weighted by Crippen LogP contribution is -2.22. The number of aromatic nitrogens is 2. The van der Waals surface area contributed by atoms with Crippen LogP contribution in [0.4, 0.5) is 5.69 Å². The number of nitro benzene ring substituents is 1. The second-order valence-electron chi connectivity index (χ2n) is 6.76. The lowest BCUT2D eigenvalue weighted by Gasteiger charge is -2.10. The van der Waals surface area contributed by atoms with E-state index in [9.17, 15) is 14.9 Å². The number of rotatable bonds is 8. The largest absolute Gasteiger partial charge is 0.473 e. The highest BCUT2D eigenvalue weighted by Gasteiger charge is 2.20. The fourth-order valence-corrected chi connectivity index (χ4v) is 3.94. The minimum atomic E-state index is -0.568. The number of nitro groups is 1. The first-order valence-electron chi connectivity index (χ1n) is 9.65. The minimum absolute atomic E-state index is 0.0307. The van der Waals surface area contributed by atoms with Crippen LogP contribution in [0.25, 0.3) is 10.9 Å². The first kappa shape index (κ1) is 23.6. The second-order valence-corrected chi connectivity index (χ2v) is 8.53. The van der Waals surface area contributed by atoms with Gasteiger partial charge < -0.3 is 4.74 Å². The van der Waals surface area contributed by atoms with Crippen LogP contribution in [-0.2, 0) is 6.42 Å². The summed E-state index contributed by atoms with van der Waals surface area (Å²) in [5.41, 5.74) is 0.403. The van der Waals surface area contributed by atoms with E-state index in [1.807, 2.05) is 13.0 Å². The molecule has 164 valence electrons. The zero-order valence-electron chi connectivity index (χ0n) is 17.0. The van der Waals surface area contributed by atoms with Crippen LogP contribution in [0, 0.1) is 22.5 Å². The summed E-state index contributed by atoms with van der Waals surface area (Å²) in [7, 11) is 0. The maximum atomic E-state index is 13.1. The first-order valence-corrected chi connectivity index (χ1v) is 11.2. The zero-order valence-corrected chi connectivity index (χ0v) is 20.2. The lowest BCUT2D eigenvalue weighted by atomic mass is 10.2. The van der Waals surface area contributed by atoms with Crippen LogP contribution < -0.4 is 10.3 Å². The van der Waals surface area contributed by atoms with Crippen molar-refractivity contribution in [3.8, 4) is 18.1 Å². The van der Waals surface area contributed by atoms with Gasteiger partial charge in [-0.05, 0) is 46.6 Å². The van der Waals surface area contributed by atoms with Gasteiger partial charge in [-0.3, -0.25) is 14.9 Å². The average Bonchev–Trinajstić information content (AvgIpc) is 2.76. The lowest BCUT2D eigenvalue weighted by molar-refractivity contribution is -0.385. The highest BCUT2D eigenvalue weighted by molar-refractivity contribution is 9.10. The Balaban J connectivity index is 2.11. The van der Waals surface area contributed by atoms with E-state index in [4.69, 9.17) is 11.2 Å². The van der Waals surface area contributed by atoms with Crippen LogP contribution in [0.3, 0.4) is 0 Å². The molecule has 0 aliphatic carbocycles. The molecule has 2 aromatic carbocycles. The van der Waals surface area contributed by atoms with Crippen LogP contribution in [0.15, 0.2) is 49.2 Å². The van der Waals surface area contributed by atoms with Crippen molar-refractivity contribution in [1.29, 1.82) is 0 Å². The SMILES string of the molecule is C#CCOc1c(Br)cc(C=Nn2c(CCCC)nc3ccc(Br)cc3c2=O)cc1[N+](=O)[O-]. The number of hydrogen-bond acceptors (Lipinski definition) is 6. The Morgan fingerprint density at radius 1 is 1.34 bits per heavy atom. The molecule has 0 saturated heterocycles. The summed E-state index contributed by atoms with van der Waals surface area (Å²) in [5.74, 6) is 2.83. The summed E-state index contributed by atoms with van der Waals surface area (Å²) in [6.45, 7) is 1.94. The molecule has 0 fully saturated rings. The molecule has 32 heavy (non-hydrogen) atoms. The molecular weight excluding hydrogens is 544 g/mol. The van der Waals surface area contributed by atoms with Gasteiger partial charge in [-0.1, -0.05) is 35.2 Å². The van der Waals surface area contributed by atoms with Crippen molar-refractivity contribution in [2.45, 2.75) is 26.2 Å². The zero-order chi connectivity index (χ0) is 23.3. The monoisotopic (exact) mass is 560 g/mol. The number of hydrogen-bond donors (Lipinski definition) is 0. The maximum absolute atomic E-state index is 13.1. The van der Waals surface area contributed by atoms with Crippen molar-refractivity contribution in [3.63, 3.8) is 0 Å². The molecule has 3 rings (SSSR count). The van der Waals surface area contributed by atoms with Gasteiger partial charge in [0.1, 0.15) is 12.4 Å². The van der Waals surface area contributed by atoms with Crippen molar-refractivity contribution in [1.82, 2.24) is 9.66 Å². The van der Waals surface area contributed by atoms with E-state index in [1.165, 1.54) is 17.0 Å². The van der Waals surface area contributed by atoms with Gasteiger partial charge in [-0.2, -0.15) is 9.78 Å². The summed E-state index contributed by atoms with van der Waals surface area (Å²) in [6.07, 6.45) is 8.89. The van der Waals surface area contributed by atoms with E-state index in [0.717, 1.165) is 17.3 Å². The normalized spacial score (nSPS) is 11.1. The van der Waals surface area contributed by atoms with Gasteiger partial charge >= 0.3 is 5.69 Å². The van der Waals surface area contributed by atoms with Gasteiger partial charge in [0.2, 0.25) is 5.75 Å². The van der Waals surface area contributed by atoms with Crippen LogP contribution in [0.5, 0.6) is 5.75 Å². The minimum Gasteiger partial charge on any atom is -0.473 e. The molecule has 10 heteroatoms. The molecule has 0 aliphatic heterocycles. The highest BCUT2D eigenvalue weighted by Crippen LogP contribution is 2.36. The van der Waals surface area contributed by atoms with Crippen LogP contribution in [0.2, 0.25) is 0 Å². The van der Waals surface area contributed by atoms with Crippen molar-refractivity contribution in [2.75, 3.05) is 6.61 Å². The maximum Gasteiger partial charge on any atom is 0.312 e. The summed E-state index contributed by atoms with van der Waals surface area (Å²) in [4.78, 5) is 28.7. The Morgan fingerprint density at radius 2 is 2.12 bits per heavy atom. The van der Waals surface area contributed by atoms with E-state index in [1.54, 1.807) is 18.2 Å². The van der Waals surface area contributed by atoms with Crippen LogP contribution in [0.1, 0.15) is 31.2 Å². The summed E-state index contributed by atoms with van der Waals surface area (Å²) in [6, 6.07) is 8.21. The fraction of sp³-hybridized carbons (Fsp3) is 0.227. The van der Waals surface area contributed by atoms with E-state index < -0.39 is 4.92 Å². The number of benzene rings is 2. The highest BCUT2D eigenvalue weighted by atomic mass is 79.9. The molecule has 1 heterocycles. The average molecular weight is 562 g/mol. The number of aryl methyl sites for hydroxylation is 1. The van der Waals surface area contributed by atoms with Crippen LogP contribution >= 0.6 is 31.9 Å². The molecule has 0 bridgehead atoms. The molecular formula is C22H18Br2N4O4. The summed E-state index contributed by atoms with van der Waals surface area (Å²) < 4.78 is 7.64. The molecule has 0 spiro atoms. The standard InChI is InChI=1S/C22H18Br2N4O4/c1-3-5-6-20-26-18-8-7-15(23)12-16(18)22(29)27(20)25-13-14-10-17(24)21(32-9-4-2)19(11-14)28(30)31/h2,7-8,10-13H,3,5-6,9H2,1H3. The molecule has 0 radical (unpaired) electrons. The number of unbranched alkanes of at least 4 members (excludes halogenated alkanes) is 1. The van der Waals surface area contributed by atoms with E-state index >= 15 is 0 Å². The molecule has 0 N–H and O–H groups in total. The van der Waals surface area contributed by atoms with Crippen molar-refractivity contribution in [3.05, 3.63) is 71.1 Å². The Morgan fingerprint density at radius 3 is 2.81 bits per heavy atom. The summed E-state index contributed by atoms with van der Waals surface area (Å²) in [5, 5.41) is 16.3. The van der Waals surface area contributed by atoms with Gasteiger partial charge in [0.25, 0.3) is 5.56 Å². The van der Waals surface area contributed by atoms with Gasteiger partial charge in [-0.25, -0.2) is 4.98 Å². The Kier molecular flexibility index (Phi) is 7.77. The quantitative estimate of drug-likeness (QED) is 0.165. The van der Waals surface area contributed by atoms with Gasteiger partial charge in [-0.15, -0.1) is 6.42 Å². The Bertz CT molecular complexity index is 1310. The number of terminal acetylenes is 1. The van der Waals surface area contributed by atoms with Crippen molar-refractivity contribution < 1.29 is 9.66 Å². The number of ether oxygens (including phenoxy) is 1. The Labute approximate surface area is 200 Å². The number of nitrogens with zero attached hydrogens (tertiary/aromatic N) is 4. The third-order valence-corrected chi connectivity index (χ3v) is 5.58. The smallest absolute Gasteiger partial charge is 0.312 e. The molecule has 0 saturated carbocycles. The van der Waals surface area contributed by atoms with Crippen molar-refractivity contribution >= 4 is 54.7 Å². The molecule has 3 aromatic rings. The predicted molar refractivity (Wildman–Crippen MR) is 130 cm³/mol. The van der Waals surface area contributed by atoms with Gasteiger partial charge in [0.05, 0.1) is 26.5 Å². The van der Waals surface area contributed by atoms with Gasteiger partial charge in [0.15, 0.2) is 0 Å². The first-order chi connectivity index (χ1) is 15.3. The van der Waals surface area contributed by atoms with Crippen LogP contribution in [-0.4, -0.2) is 27.4 Å². The van der Waals surface area contributed by atoms with Gasteiger partial charge in [0, 0.05) is 22.5 Å². The summed E-state index contributed by atoms with van der Waals surface area (Å²) >= 11 is 6.65. The molecule has 0 atom stereocenters. The molecule has 0 amide bonds. The number of fused-ring (bicyclic) bond motifs is 1. The van der Waals surface area contributed by atoms with Crippen molar-refractivity contribution in [2.24, 2.45) is 5.10 Å². The molecule has 0 unspecified atom stereocenters. The van der Waals surface area contributed by atoms with E-state index in [0.29, 0.717) is 33.2 Å². The molecule has 8 nitrogen and oxygen atoms in total.